The zero-order valence-corrected chi connectivity index (χ0v) is 10.1. The van der Waals surface area contributed by atoms with Crippen LogP contribution in [0.25, 0.3) is 10.9 Å². The smallest absolute Gasteiger partial charge is 0.105 e. The zero-order chi connectivity index (χ0) is 12.3. The summed E-state index contributed by atoms with van der Waals surface area (Å²) >= 11 is 0. The van der Waals surface area contributed by atoms with Crippen LogP contribution in [-0.4, -0.2) is 22.8 Å². The molecule has 1 aromatic heterocycles. The van der Waals surface area contributed by atoms with E-state index in [4.69, 9.17) is 4.74 Å². The number of aromatic nitrogens is 1. The monoisotopic (exact) mass is 231 g/mol. The molecule has 1 heterocycles. The maximum atomic E-state index is 10.3. The third-order valence-electron chi connectivity index (χ3n) is 2.87. The number of hydrogen-bond donors (Lipinski definition) is 1. The van der Waals surface area contributed by atoms with Crippen molar-refractivity contribution < 1.29 is 9.84 Å². The van der Waals surface area contributed by atoms with Gasteiger partial charge < -0.3 is 9.84 Å². The van der Waals surface area contributed by atoms with Gasteiger partial charge in [-0.3, -0.25) is 4.98 Å². The maximum Gasteiger partial charge on any atom is 0.105 e. The van der Waals surface area contributed by atoms with Gasteiger partial charge in [0.25, 0.3) is 0 Å². The standard InChI is InChI=1S/C14H17NO2/c1-3-17-10(2)14(16)12-6-4-8-13-11(12)7-5-9-15-13/h4-10,14,16H,3H2,1-2H3. The maximum absolute atomic E-state index is 10.3. The Morgan fingerprint density at radius 3 is 2.88 bits per heavy atom. The molecule has 0 spiro atoms. The van der Waals surface area contributed by atoms with Crippen LogP contribution >= 0.6 is 0 Å². The van der Waals surface area contributed by atoms with Crippen molar-refractivity contribution in [2.75, 3.05) is 6.61 Å². The normalized spacial score (nSPS) is 14.8. The Hall–Kier alpha value is -1.45. The van der Waals surface area contributed by atoms with Crippen LogP contribution in [0, 0.1) is 0 Å². The number of hydrogen-bond acceptors (Lipinski definition) is 3. The highest BCUT2D eigenvalue weighted by Gasteiger charge is 2.18. The van der Waals surface area contributed by atoms with E-state index >= 15 is 0 Å². The molecule has 0 saturated carbocycles. The van der Waals surface area contributed by atoms with Crippen molar-refractivity contribution in [1.29, 1.82) is 0 Å². The predicted molar refractivity (Wildman–Crippen MR) is 67.8 cm³/mol. The minimum atomic E-state index is -0.622. The summed E-state index contributed by atoms with van der Waals surface area (Å²) in [6.45, 7) is 4.40. The second-order valence-corrected chi connectivity index (χ2v) is 4.02. The van der Waals surface area contributed by atoms with Gasteiger partial charge in [-0.2, -0.15) is 0 Å². The SMILES string of the molecule is CCOC(C)C(O)c1cccc2ncccc12. The molecule has 0 aliphatic rings. The second kappa shape index (κ2) is 5.25. The van der Waals surface area contributed by atoms with Gasteiger partial charge in [-0.25, -0.2) is 0 Å². The fraction of sp³-hybridized carbons (Fsp3) is 0.357. The van der Waals surface area contributed by atoms with Crippen LogP contribution in [0.4, 0.5) is 0 Å². The molecule has 3 heteroatoms. The molecule has 0 radical (unpaired) electrons. The third kappa shape index (κ3) is 2.46. The molecular formula is C14H17NO2. The minimum absolute atomic E-state index is 0.217. The molecule has 2 atom stereocenters. The van der Waals surface area contributed by atoms with Crippen molar-refractivity contribution in [1.82, 2.24) is 4.98 Å². The lowest BCUT2D eigenvalue weighted by Gasteiger charge is -2.20. The fourth-order valence-electron chi connectivity index (χ4n) is 1.99. The largest absolute Gasteiger partial charge is 0.386 e. The lowest BCUT2D eigenvalue weighted by atomic mass is 10.0. The summed E-state index contributed by atoms with van der Waals surface area (Å²) in [6.07, 6.45) is 0.915. The molecule has 90 valence electrons. The summed E-state index contributed by atoms with van der Waals surface area (Å²) in [6, 6.07) is 9.62. The first-order chi connectivity index (χ1) is 8.24. The first-order valence-electron chi connectivity index (χ1n) is 5.87. The Morgan fingerprint density at radius 2 is 2.12 bits per heavy atom. The number of rotatable bonds is 4. The van der Waals surface area contributed by atoms with Gasteiger partial charge in [0.2, 0.25) is 0 Å². The summed E-state index contributed by atoms with van der Waals surface area (Å²) in [5.74, 6) is 0. The molecule has 2 aromatic rings. The van der Waals surface area contributed by atoms with Gasteiger partial charge in [-0.15, -0.1) is 0 Å². The van der Waals surface area contributed by atoms with Gasteiger partial charge in [0.05, 0.1) is 11.6 Å². The third-order valence-corrected chi connectivity index (χ3v) is 2.87. The lowest BCUT2D eigenvalue weighted by molar-refractivity contribution is -0.0221. The number of ether oxygens (including phenoxy) is 1. The molecular weight excluding hydrogens is 214 g/mol. The number of pyridine rings is 1. The number of aliphatic hydroxyl groups is 1. The van der Waals surface area contributed by atoms with Crippen molar-refractivity contribution in [3.63, 3.8) is 0 Å². The van der Waals surface area contributed by atoms with Crippen LogP contribution in [0.3, 0.4) is 0 Å². The summed E-state index contributed by atoms with van der Waals surface area (Å²) in [7, 11) is 0. The number of fused-ring (bicyclic) bond motifs is 1. The molecule has 0 amide bonds. The summed E-state index contributed by atoms with van der Waals surface area (Å²) in [4.78, 5) is 4.28. The molecule has 0 saturated heterocycles. The van der Waals surface area contributed by atoms with E-state index in [-0.39, 0.29) is 6.10 Å². The van der Waals surface area contributed by atoms with E-state index in [0.717, 1.165) is 16.5 Å². The predicted octanol–water partition coefficient (Wildman–Crippen LogP) is 2.69. The average molecular weight is 231 g/mol. The van der Waals surface area contributed by atoms with Crippen LogP contribution < -0.4 is 0 Å². The van der Waals surface area contributed by atoms with Crippen LogP contribution in [0.1, 0.15) is 25.5 Å². The van der Waals surface area contributed by atoms with E-state index < -0.39 is 6.10 Å². The summed E-state index contributed by atoms with van der Waals surface area (Å²) in [5, 5.41) is 11.2. The van der Waals surface area contributed by atoms with E-state index in [2.05, 4.69) is 4.98 Å². The summed E-state index contributed by atoms with van der Waals surface area (Å²) in [5.41, 5.74) is 1.77. The second-order valence-electron chi connectivity index (χ2n) is 4.02. The Kier molecular flexibility index (Phi) is 3.71. The van der Waals surface area contributed by atoms with Crippen LogP contribution in [0.2, 0.25) is 0 Å². The van der Waals surface area contributed by atoms with Gasteiger partial charge in [-0.05, 0) is 31.5 Å². The van der Waals surface area contributed by atoms with Gasteiger partial charge in [0.15, 0.2) is 0 Å². The number of aliphatic hydroxyl groups excluding tert-OH is 1. The lowest BCUT2D eigenvalue weighted by Crippen LogP contribution is -2.18. The molecule has 0 bridgehead atoms. The Bertz CT molecular complexity index is 493. The van der Waals surface area contributed by atoms with Crippen LogP contribution in [-0.2, 0) is 4.74 Å². The van der Waals surface area contributed by atoms with Crippen molar-refractivity contribution in [2.24, 2.45) is 0 Å². The molecule has 1 aromatic carbocycles. The molecule has 2 unspecified atom stereocenters. The van der Waals surface area contributed by atoms with E-state index in [0.29, 0.717) is 6.61 Å². The first kappa shape index (κ1) is 12.0. The number of nitrogens with zero attached hydrogens (tertiary/aromatic N) is 1. The Labute approximate surface area is 101 Å². The van der Waals surface area contributed by atoms with E-state index in [1.807, 2.05) is 44.2 Å². The fourth-order valence-corrected chi connectivity index (χ4v) is 1.99. The molecule has 0 fully saturated rings. The van der Waals surface area contributed by atoms with Crippen molar-refractivity contribution in [3.8, 4) is 0 Å². The van der Waals surface area contributed by atoms with Gasteiger partial charge >= 0.3 is 0 Å². The minimum Gasteiger partial charge on any atom is -0.386 e. The van der Waals surface area contributed by atoms with Gasteiger partial charge in [0.1, 0.15) is 6.10 Å². The Balaban J connectivity index is 2.41. The summed E-state index contributed by atoms with van der Waals surface area (Å²) < 4.78 is 5.44. The zero-order valence-electron chi connectivity index (χ0n) is 10.1. The molecule has 1 N–H and O–H groups in total. The highest BCUT2D eigenvalue weighted by molar-refractivity contribution is 5.82. The van der Waals surface area contributed by atoms with E-state index in [9.17, 15) is 5.11 Å². The Morgan fingerprint density at radius 1 is 1.29 bits per heavy atom. The number of benzene rings is 1. The van der Waals surface area contributed by atoms with Crippen molar-refractivity contribution in [2.45, 2.75) is 26.1 Å². The molecule has 0 aliphatic heterocycles. The molecule has 2 rings (SSSR count). The molecule has 3 nitrogen and oxygen atoms in total. The van der Waals surface area contributed by atoms with E-state index in [1.54, 1.807) is 6.20 Å². The van der Waals surface area contributed by atoms with Gasteiger partial charge in [-0.1, -0.05) is 18.2 Å². The molecule has 0 aliphatic carbocycles. The molecule has 17 heavy (non-hydrogen) atoms. The quantitative estimate of drug-likeness (QED) is 0.879. The highest BCUT2D eigenvalue weighted by atomic mass is 16.5. The first-order valence-corrected chi connectivity index (χ1v) is 5.87. The van der Waals surface area contributed by atoms with Crippen molar-refractivity contribution >= 4 is 10.9 Å². The highest BCUT2D eigenvalue weighted by Crippen LogP contribution is 2.26. The van der Waals surface area contributed by atoms with Crippen molar-refractivity contribution in [3.05, 3.63) is 42.1 Å². The van der Waals surface area contributed by atoms with Crippen LogP contribution in [0.5, 0.6) is 0 Å². The van der Waals surface area contributed by atoms with Crippen LogP contribution in [0.15, 0.2) is 36.5 Å². The topological polar surface area (TPSA) is 42.4 Å². The van der Waals surface area contributed by atoms with Gasteiger partial charge in [0, 0.05) is 18.2 Å². The average Bonchev–Trinajstić information content (AvgIpc) is 2.37. The van der Waals surface area contributed by atoms with E-state index in [1.165, 1.54) is 0 Å².